The minimum absolute atomic E-state index is 0.168. The number of aromatic nitrogens is 3. The van der Waals surface area contributed by atoms with Crippen LogP contribution in [0.15, 0.2) is 28.8 Å². The van der Waals surface area contributed by atoms with Crippen LogP contribution in [0.5, 0.6) is 0 Å². The molecule has 0 radical (unpaired) electrons. The van der Waals surface area contributed by atoms with Crippen molar-refractivity contribution in [2.24, 2.45) is 11.8 Å². The second-order valence-corrected chi connectivity index (χ2v) is 15.0. The number of hydrogen-bond donors (Lipinski definition) is 3. The van der Waals surface area contributed by atoms with Crippen LogP contribution >= 0.6 is 0 Å². The van der Waals surface area contributed by atoms with Gasteiger partial charge in [0, 0.05) is 30.1 Å². The molecular weight excluding hydrogens is 614 g/mol. The molecule has 13 heteroatoms. The maximum Gasteiger partial charge on any atom is 0.286 e. The van der Waals surface area contributed by atoms with E-state index in [4.69, 9.17) is 4.42 Å². The number of rotatable bonds is 15. The van der Waals surface area contributed by atoms with Crippen molar-refractivity contribution in [1.82, 2.24) is 36.0 Å². The van der Waals surface area contributed by atoms with Crippen LogP contribution in [-0.4, -0.2) is 79.7 Å². The summed E-state index contributed by atoms with van der Waals surface area (Å²) in [6, 6.07) is 2.66. The molecule has 0 bridgehead atoms. The Hall–Kier alpha value is -4.16. The highest BCUT2D eigenvalue weighted by Crippen LogP contribution is 2.24. The summed E-state index contributed by atoms with van der Waals surface area (Å²) in [7, 11) is 0. The van der Waals surface area contributed by atoms with Crippen molar-refractivity contribution in [1.29, 1.82) is 0 Å². The average Bonchev–Trinajstić information content (AvgIpc) is 3.71. The summed E-state index contributed by atoms with van der Waals surface area (Å²) in [5.74, 6) is -2.09. The average molecular weight is 668 g/mol. The van der Waals surface area contributed by atoms with E-state index in [1.807, 2.05) is 62.3 Å². The summed E-state index contributed by atoms with van der Waals surface area (Å²) in [5.41, 5.74) is -0.586. The van der Waals surface area contributed by atoms with Crippen LogP contribution in [-0.2, 0) is 19.8 Å². The van der Waals surface area contributed by atoms with E-state index in [9.17, 15) is 24.0 Å². The maximum absolute atomic E-state index is 13.8. The highest BCUT2D eigenvalue weighted by atomic mass is 16.4. The smallest absolute Gasteiger partial charge is 0.286 e. The lowest BCUT2D eigenvalue weighted by Gasteiger charge is -2.31. The predicted octanol–water partition coefficient (Wildman–Crippen LogP) is 3.99. The third-order valence-electron chi connectivity index (χ3n) is 8.42. The number of ketones is 1. The molecule has 0 aliphatic carbocycles. The van der Waals surface area contributed by atoms with E-state index in [0.29, 0.717) is 50.2 Å². The third kappa shape index (κ3) is 10.4. The van der Waals surface area contributed by atoms with Crippen LogP contribution in [0.2, 0.25) is 0 Å². The number of likely N-dealkylation sites (tertiary alicyclic amines) is 1. The second kappa shape index (κ2) is 16.3. The Balaban J connectivity index is 1.56. The summed E-state index contributed by atoms with van der Waals surface area (Å²) < 4.78 is 5.64. The normalized spacial score (nSPS) is 16.5. The molecule has 0 saturated carbocycles. The number of nitrogens with one attached hydrogen (secondary N) is 3. The summed E-state index contributed by atoms with van der Waals surface area (Å²) in [4.78, 5) is 71.7. The first-order valence-corrected chi connectivity index (χ1v) is 16.9. The fourth-order valence-corrected chi connectivity index (χ4v) is 5.57. The Labute approximate surface area is 283 Å². The van der Waals surface area contributed by atoms with Gasteiger partial charge >= 0.3 is 0 Å². The molecule has 48 heavy (non-hydrogen) atoms. The minimum atomic E-state index is -0.919. The molecular formula is C35H53N7O6. The van der Waals surface area contributed by atoms with Gasteiger partial charge in [-0.1, -0.05) is 61.0 Å². The van der Waals surface area contributed by atoms with Crippen molar-refractivity contribution < 1.29 is 28.4 Å². The fourth-order valence-electron chi connectivity index (χ4n) is 5.57. The Morgan fingerprint density at radius 1 is 0.938 bits per heavy atom. The maximum atomic E-state index is 13.8. The molecule has 0 aromatic carbocycles. The Morgan fingerprint density at radius 2 is 1.62 bits per heavy atom. The number of pyridine rings is 1. The number of hydrogen-bond acceptors (Lipinski definition) is 9. The molecule has 3 rings (SSSR count). The molecule has 1 aliphatic rings. The SMILES string of the molecule is CC(C)[C@H](NC(=O)[C@@H]1CCCN1C(=O)[C@@H](NC(=O)CCCCC(C)(C)NC(=O)c1ccccn1)C(C)C)C(=O)c1nnc(C(C)(C)C)o1. The van der Waals surface area contributed by atoms with Crippen molar-refractivity contribution in [2.75, 3.05) is 6.54 Å². The van der Waals surface area contributed by atoms with E-state index in [-0.39, 0.29) is 41.9 Å². The van der Waals surface area contributed by atoms with Gasteiger partial charge in [0.1, 0.15) is 17.8 Å². The first-order chi connectivity index (χ1) is 22.4. The summed E-state index contributed by atoms with van der Waals surface area (Å²) in [6.45, 7) is 17.2. The molecule has 2 aromatic heterocycles. The second-order valence-electron chi connectivity index (χ2n) is 15.0. The van der Waals surface area contributed by atoms with E-state index >= 15 is 0 Å². The number of amides is 4. The minimum Gasteiger partial charge on any atom is -0.418 e. The number of nitrogens with zero attached hydrogens (tertiary/aromatic N) is 4. The third-order valence-corrected chi connectivity index (χ3v) is 8.42. The zero-order valence-corrected chi connectivity index (χ0v) is 29.9. The topological polar surface area (TPSA) is 176 Å². The molecule has 2 aromatic rings. The Kier molecular flexibility index (Phi) is 13.0. The predicted molar refractivity (Wildman–Crippen MR) is 180 cm³/mol. The van der Waals surface area contributed by atoms with Crippen molar-refractivity contribution >= 4 is 29.4 Å². The van der Waals surface area contributed by atoms with Crippen molar-refractivity contribution in [2.45, 2.75) is 130 Å². The van der Waals surface area contributed by atoms with Crippen LogP contribution in [0.3, 0.4) is 0 Å². The molecule has 264 valence electrons. The van der Waals surface area contributed by atoms with Crippen molar-refractivity contribution in [3.05, 3.63) is 41.9 Å². The number of carbonyl (C=O) groups excluding carboxylic acids is 5. The molecule has 1 fully saturated rings. The van der Waals surface area contributed by atoms with Gasteiger partial charge in [-0.2, -0.15) is 0 Å². The fraction of sp³-hybridized carbons (Fsp3) is 0.657. The molecule has 0 unspecified atom stereocenters. The summed E-state index contributed by atoms with van der Waals surface area (Å²) in [5, 5.41) is 16.7. The lowest BCUT2D eigenvalue weighted by Crippen LogP contribution is -2.57. The standard InChI is InChI=1S/C35H53N7O6/c1-21(2)26(28(44)31-40-41-33(48-31)34(5,6)7)38-30(46)24-16-14-20-42(24)32(47)27(22(3)4)37-25(43)17-10-12-18-35(8,9)39-29(45)23-15-11-13-19-36-23/h11,13,15,19,21-22,24,26-27H,10,12,14,16-18,20H2,1-9H3,(H,37,43)(H,38,46)(H,39,45)/t24-,26-,27-/m0/s1. The highest BCUT2D eigenvalue weighted by molar-refractivity contribution is 6.00. The quantitative estimate of drug-likeness (QED) is 0.187. The molecule has 1 aliphatic heterocycles. The van der Waals surface area contributed by atoms with E-state index in [2.05, 4.69) is 31.1 Å². The molecule has 13 nitrogen and oxygen atoms in total. The monoisotopic (exact) mass is 667 g/mol. The van der Waals surface area contributed by atoms with Gasteiger partial charge in [0.25, 0.3) is 11.8 Å². The van der Waals surface area contributed by atoms with Crippen LogP contribution in [0, 0.1) is 11.8 Å². The van der Waals surface area contributed by atoms with Crippen LogP contribution < -0.4 is 16.0 Å². The van der Waals surface area contributed by atoms with Crippen molar-refractivity contribution in [3.8, 4) is 0 Å². The lowest BCUT2D eigenvalue weighted by molar-refractivity contribution is -0.142. The molecule has 4 amide bonds. The molecule has 3 atom stereocenters. The van der Waals surface area contributed by atoms with Crippen molar-refractivity contribution in [3.63, 3.8) is 0 Å². The van der Waals surface area contributed by atoms with Gasteiger partial charge in [-0.15, -0.1) is 10.2 Å². The van der Waals surface area contributed by atoms with E-state index in [0.717, 1.165) is 0 Å². The Bertz CT molecular complexity index is 1430. The van der Waals surface area contributed by atoms with E-state index in [1.165, 1.54) is 4.90 Å². The Morgan fingerprint density at radius 3 is 2.21 bits per heavy atom. The first-order valence-electron chi connectivity index (χ1n) is 16.9. The zero-order valence-electron chi connectivity index (χ0n) is 29.9. The van der Waals surface area contributed by atoms with Gasteiger partial charge in [0.05, 0.1) is 6.04 Å². The highest BCUT2D eigenvalue weighted by Gasteiger charge is 2.41. The molecule has 3 N–H and O–H groups in total. The van der Waals surface area contributed by atoms with Gasteiger partial charge < -0.3 is 25.3 Å². The van der Waals surface area contributed by atoms with Crippen LogP contribution in [0.4, 0.5) is 0 Å². The van der Waals surface area contributed by atoms with Gasteiger partial charge in [-0.05, 0) is 63.5 Å². The van der Waals surface area contributed by atoms with Gasteiger partial charge in [0.15, 0.2) is 0 Å². The number of carbonyl (C=O) groups is 5. The molecule has 0 spiro atoms. The van der Waals surface area contributed by atoms with Crippen LogP contribution in [0.25, 0.3) is 0 Å². The van der Waals surface area contributed by atoms with Gasteiger partial charge in [0.2, 0.25) is 29.4 Å². The zero-order chi connectivity index (χ0) is 35.8. The molecule has 3 heterocycles. The van der Waals surface area contributed by atoms with E-state index in [1.54, 1.807) is 24.4 Å². The summed E-state index contributed by atoms with van der Waals surface area (Å²) in [6.07, 6.45) is 4.76. The largest absolute Gasteiger partial charge is 0.418 e. The number of Topliss-reactive ketones (excluding diaryl/α,β-unsaturated/α-hetero) is 1. The van der Waals surface area contributed by atoms with Crippen LogP contribution in [0.1, 0.15) is 128 Å². The number of unbranched alkanes of at least 4 members (excludes halogenated alkanes) is 1. The first kappa shape index (κ1) is 38.3. The lowest BCUT2D eigenvalue weighted by atomic mass is 9.96. The van der Waals surface area contributed by atoms with Gasteiger partial charge in [-0.25, -0.2) is 0 Å². The van der Waals surface area contributed by atoms with Gasteiger partial charge in [-0.3, -0.25) is 29.0 Å². The van der Waals surface area contributed by atoms with E-state index < -0.39 is 40.8 Å². The summed E-state index contributed by atoms with van der Waals surface area (Å²) >= 11 is 0. The molecule has 1 saturated heterocycles.